The average Bonchev–Trinajstić information content (AvgIpc) is 3.32. The molecule has 0 aliphatic rings. The average molecular weight is 392 g/mol. The summed E-state index contributed by atoms with van der Waals surface area (Å²) < 4.78 is 5.84. The molecule has 0 aliphatic heterocycles. The molecule has 2 heterocycles. The van der Waals surface area contributed by atoms with Gasteiger partial charge in [0.2, 0.25) is 5.89 Å². The van der Waals surface area contributed by atoms with Crippen LogP contribution in [0, 0.1) is 0 Å². The van der Waals surface area contributed by atoms with Crippen LogP contribution in [0.2, 0.25) is 0 Å². The van der Waals surface area contributed by atoms with E-state index >= 15 is 0 Å². The van der Waals surface area contributed by atoms with Gasteiger partial charge < -0.3 is 15.1 Å². The van der Waals surface area contributed by atoms with Gasteiger partial charge in [0.15, 0.2) is 5.96 Å². The zero-order valence-electron chi connectivity index (χ0n) is 17.4. The first-order valence-electron chi connectivity index (χ1n) is 9.54. The SMILES string of the molecule is CCN(CC)C(CNC(=NC)NCc1ncc(C(C)(C)C)o1)c1ccsc1. The first-order chi connectivity index (χ1) is 12.9. The molecule has 0 aromatic carbocycles. The molecule has 0 radical (unpaired) electrons. The summed E-state index contributed by atoms with van der Waals surface area (Å²) in [5.74, 6) is 2.31. The van der Waals surface area contributed by atoms with Gasteiger partial charge in [-0.25, -0.2) is 4.98 Å². The van der Waals surface area contributed by atoms with E-state index in [0.29, 0.717) is 18.5 Å². The molecule has 150 valence electrons. The fourth-order valence-electron chi connectivity index (χ4n) is 2.90. The second kappa shape index (κ2) is 9.90. The van der Waals surface area contributed by atoms with Crippen LogP contribution in [0.25, 0.3) is 0 Å². The summed E-state index contributed by atoms with van der Waals surface area (Å²) in [6.07, 6.45) is 1.81. The Labute approximate surface area is 167 Å². The van der Waals surface area contributed by atoms with Gasteiger partial charge in [-0.15, -0.1) is 0 Å². The van der Waals surface area contributed by atoms with E-state index in [9.17, 15) is 0 Å². The number of hydrogen-bond donors (Lipinski definition) is 2. The lowest BCUT2D eigenvalue weighted by Crippen LogP contribution is -2.43. The van der Waals surface area contributed by atoms with Crippen molar-refractivity contribution in [1.82, 2.24) is 20.5 Å². The topological polar surface area (TPSA) is 65.7 Å². The van der Waals surface area contributed by atoms with Crippen LogP contribution in [0.5, 0.6) is 0 Å². The fourth-order valence-corrected chi connectivity index (χ4v) is 3.61. The van der Waals surface area contributed by atoms with Crippen molar-refractivity contribution in [3.63, 3.8) is 0 Å². The molecule has 0 saturated carbocycles. The van der Waals surface area contributed by atoms with Crippen LogP contribution < -0.4 is 10.6 Å². The van der Waals surface area contributed by atoms with Gasteiger partial charge in [0.1, 0.15) is 5.76 Å². The second-order valence-electron chi connectivity index (χ2n) is 7.47. The highest BCUT2D eigenvalue weighted by Crippen LogP contribution is 2.23. The predicted molar refractivity (Wildman–Crippen MR) is 113 cm³/mol. The van der Waals surface area contributed by atoms with Gasteiger partial charge in [0.25, 0.3) is 0 Å². The van der Waals surface area contributed by atoms with Crippen molar-refractivity contribution in [2.75, 3.05) is 26.7 Å². The third kappa shape index (κ3) is 6.07. The maximum atomic E-state index is 5.84. The number of likely N-dealkylation sites (N-methyl/N-ethyl adjacent to an activating group) is 1. The van der Waals surface area contributed by atoms with Crippen LogP contribution in [0.3, 0.4) is 0 Å². The Hall–Kier alpha value is -1.86. The van der Waals surface area contributed by atoms with Crippen molar-refractivity contribution in [2.45, 2.75) is 52.6 Å². The van der Waals surface area contributed by atoms with E-state index in [1.54, 1.807) is 24.6 Å². The largest absolute Gasteiger partial charge is 0.443 e. The monoisotopic (exact) mass is 391 g/mol. The molecular formula is C20H33N5OS. The van der Waals surface area contributed by atoms with Crippen molar-refractivity contribution in [3.8, 4) is 0 Å². The normalized spacial score (nSPS) is 13.8. The Morgan fingerprint density at radius 2 is 2.04 bits per heavy atom. The number of aliphatic imine (C=N–C) groups is 1. The van der Waals surface area contributed by atoms with Crippen LogP contribution in [0.15, 0.2) is 32.4 Å². The summed E-state index contributed by atoms with van der Waals surface area (Å²) in [6, 6.07) is 2.52. The number of nitrogens with one attached hydrogen (secondary N) is 2. The summed E-state index contributed by atoms with van der Waals surface area (Å²) in [7, 11) is 1.78. The molecule has 0 amide bonds. The van der Waals surface area contributed by atoms with E-state index in [1.165, 1.54) is 5.56 Å². The van der Waals surface area contributed by atoms with Crippen LogP contribution in [0.4, 0.5) is 0 Å². The lowest BCUT2D eigenvalue weighted by atomic mass is 9.94. The molecule has 7 heteroatoms. The Bertz CT molecular complexity index is 698. The van der Waals surface area contributed by atoms with Gasteiger partial charge >= 0.3 is 0 Å². The molecule has 6 nitrogen and oxygen atoms in total. The van der Waals surface area contributed by atoms with E-state index < -0.39 is 0 Å². The lowest BCUT2D eigenvalue weighted by Gasteiger charge is -2.30. The minimum atomic E-state index is -0.0390. The maximum absolute atomic E-state index is 5.84. The van der Waals surface area contributed by atoms with Crippen molar-refractivity contribution in [3.05, 3.63) is 40.2 Å². The molecule has 0 spiro atoms. The lowest BCUT2D eigenvalue weighted by molar-refractivity contribution is 0.219. The fraction of sp³-hybridized carbons (Fsp3) is 0.600. The molecule has 2 rings (SSSR count). The van der Waals surface area contributed by atoms with E-state index in [4.69, 9.17) is 4.42 Å². The predicted octanol–water partition coefficient (Wildman–Crippen LogP) is 3.78. The third-order valence-electron chi connectivity index (χ3n) is 4.57. The summed E-state index contributed by atoms with van der Waals surface area (Å²) in [6.45, 7) is 14.1. The quantitative estimate of drug-likeness (QED) is 0.529. The van der Waals surface area contributed by atoms with E-state index in [2.05, 4.69) is 77.0 Å². The van der Waals surface area contributed by atoms with Crippen LogP contribution in [0.1, 0.15) is 57.9 Å². The van der Waals surface area contributed by atoms with Crippen molar-refractivity contribution < 1.29 is 4.42 Å². The molecule has 0 aliphatic carbocycles. The van der Waals surface area contributed by atoms with Crippen molar-refractivity contribution in [2.24, 2.45) is 4.99 Å². The minimum absolute atomic E-state index is 0.0390. The minimum Gasteiger partial charge on any atom is -0.443 e. The number of oxazole rings is 1. The third-order valence-corrected chi connectivity index (χ3v) is 5.27. The van der Waals surface area contributed by atoms with E-state index in [-0.39, 0.29) is 5.41 Å². The Balaban J connectivity index is 1.94. The Morgan fingerprint density at radius 1 is 1.30 bits per heavy atom. The summed E-state index contributed by atoms with van der Waals surface area (Å²) in [5.41, 5.74) is 1.30. The summed E-state index contributed by atoms with van der Waals surface area (Å²) >= 11 is 1.74. The second-order valence-corrected chi connectivity index (χ2v) is 8.25. The molecule has 2 aromatic rings. The highest BCUT2D eigenvalue weighted by Gasteiger charge is 2.20. The van der Waals surface area contributed by atoms with Crippen LogP contribution >= 0.6 is 11.3 Å². The number of nitrogens with zero attached hydrogens (tertiary/aromatic N) is 3. The molecule has 0 saturated heterocycles. The van der Waals surface area contributed by atoms with Crippen molar-refractivity contribution >= 4 is 17.3 Å². The zero-order valence-corrected chi connectivity index (χ0v) is 18.2. The summed E-state index contributed by atoms with van der Waals surface area (Å²) in [4.78, 5) is 11.1. The highest BCUT2D eigenvalue weighted by molar-refractivity contribution is 7.07. The van der Waals surface area contributed by atoms with Gasteiger partial charge in [-0.3, -0.25) is 9.89 Å². The van der Waals surface area contributed by atoms with Gasteiger partial charge in [-0.1, -0.05) is 34.6 Å². The van der Waals surface area contributed by atoms with Crippen LogP contribution in [-0.2, 0) is 12.0 Å². The first-order valence-corrected chi connectivity index (χ1v) is 10.5. The maximum Gasteiger partial charge on any atom is 0.213 e. The van der Waals surface area contributed by atoms with Gasteiger partial charge in [0, 0.05) is 19.0 Å². The molecule has 27 heavy (non-hydrogen) atoms. The standard InChI is InChI=1S/C20H33N5OS/c1-7-25(8-2)16(15-9-10-27-14-15)11-23-19(21-6)24-13-18-22-12-17(26-18)20(3,4)5/h9-10,12,14,16H,7-8,11,13H2,1-6H3,(H2,21,23,24). The molecule has 1 unspecified atom stereocenters. The Kier molecular flexibility index (Phi) is 7.86. The molecule has 1 atom stereocenters. The molecule has 2 aromatic heterocycles. The first kappa shape index (κ1) is 21.4. The van der Waals surface area contributed by atoms with E-state index in [0.717, 1.165) is 31.4 Å². The van der Waals surface area contributed by atoms with Crippen LogP contribution in [-0.4, -0.2) is 42.5 Å². The van der Waals surface area contributed by atoms with Gasteiger partial charge in [-0.2, -0.15) is 11.3 Å². The summed E-state index contributed by atoms with van der Waals surface area (Å²) in [5, 5.41) is 11.1. The number of thiophene rings is 1. The number of aromatic nitrogens is 1. The zero-order chi connectivity index (χ0) is 19.9. The molecular weight excluding hydrogens is 358 g/mol. The van der Waals surface area contributed by atoms with Gasteiger partial charge in [-0.05, 0) is 35.5 Å². The number of hydrogen-bond acceptors (Lipinski definition) is 5. The molecule has 2 N–H and O–H groups in total. The highest BCUT2D eigenvalue weighted by atomic mass is 32.1. The number of rotatable bonds is 8. The van der Waals surface area contributed by atoms with E-state index in [1.807, 2.05) is 0 Å². The molecule has 0 fully saturated rings. The Morgan fingerprint density at radius 3 is 2.56 bits per heavy atom. The van der Waals surface area contributed by atoms with Crippen molar-refractivity contribution in [1.29, 1.82) is 0 Å². The molecule has 0 bridgehead atoms. The van der Waals surface area contributed by atoms with Gasteiger partial charge in [0.05, 0.1) is 18.8 Å². The smallest absolute Gasteiger partial charge is 0.213 e. The number of guanidine groups is 1.